The summed E-state index contributed by atoms with van der Waals surface area (Å²) in [6, 6.07) is 8.40. The van der Waals surface area contributed by atoms with Crippen LogP contribution in [-0.2, 0) is 0 Å². The number of hydrogen-bond donors (Lipinski definition) is 2. The number of nitrogens with one attached hydrogen (secondary N) is 1. The molecule has 3 nitrogen and oxygen atoms in total. The molecule has 0 heterocycles. The van der Waals surface area contributed by atoms with Gasteiger partial charge in [0.1, 0.15) is 5.82 Å². The molecule has 0 aromatic heterocycles. The molecule has 2 rings (SSSR count). The smallest absolute Gasteiger partial charge is 0.165 e. The number of aryl methyl sites for hydroxylation is 1. The van der Waals surface area contributed by atoms with Crippen molar-refractivity contribution in [1.82, 2.24) is 0 Å². The molecule has 2 aromatic rings. The van der Waals surface area contributed by atoms with E-state index in [9.17, 15) is 13.9 Å². The fourth-order valence-corrected chi connectivity index (χ4v) is 2.15. The van der Waals surface area contributed by atoms with E-state index in [-0.39, 0.29) is 18.2 Å². The lowest BCUT2D eigenvalue weighted by atomic mass is 10.1. The third-order valence-electron chi connectivity index (χ3n) is 3.14. The van der Waals surface area contributed by atoms with Crippen molar-refractivity contribution in [2.24, 2.45) is 0 Å². The maximum atomic E-state index is 13.7. The lowest BCUT2D eigenvalue weighted by Crippen LogP contribution is -2.15. The van der Waals surface area contributed by atoms with Gasteiger partial charge in [0.25, 0.3) is 0 Å². The number of ether oxygens (including phenoxy) is 1. The summed E-state index contributed by atoms with van der Waals surface area (Å²) in [5.74, 6) is -0.738. The molecule has 1 unspecified atom stereocenters. The van der Waals surface area contributed by atoms with E-state index in [0.29, 0.717) is 11.3 Å². The van der Waals surface area contributed by atoms with E-state index in [1.54, 1.807) is 19.1 Å². The van der Waals surface area contributed by atoms with Gasteiger partial charge in [-0.2, -0.15) is 0 Å². The molecule has 0 spiro atoms. The summed E-state index contributed by atoms with van der Waals surface area (Å²) in [4.78, 5) is 0. The minimum absolute atomic E-state index is 0.136. The Morgan fingerprint density at radius 3 is 2.52 bits per heavy atom. The SMILES string of the molecule is COc1ccc(C(CO)Nc2cc(C)cc(F)c2)cc1F. The Balaban J connectivity index is 2.25. The zero-order valence-electron chi connectivity index (χ0n) is 11.9. The molecule has 0 amide bonds. The number of benzene rings is 2. The Labute approximate surface area is 122 Å². The van der Waals surface area contributed by atoms with Crippen LogP contribution in [0.5, 0.6) is 5.75 Å². The first kappa shape index (κ1) is 15.3. The van der Waals surface area contributed by atoms with Crippen molar-refractivity contribution in [3.05, 3.63) is 59.2 Å². The summed E-state index contributed by atoms with van der Waals surface area (Å²) in [6.45, 7) is 1.52. The Kier molecular flexibility index (Phi) is 4.75. The fraction of sp³-hybridized carbons (Fsp3) is 0.250. The number of aliphatic hydroxyl groups excluding tert-OH is 1. The standard InChI is InChI=1S/C16H17F2NO2/c1-10-5-12(17)8-13(6-10)19-15(9-20)11-3-4-16(21-2)14(18)7-11/h3-8,15,19-20H,9H2,1-2H3. The van der Waals surface area contributed by atoms with E-state index in [2.05, 4.69) is 5.32 Å². The van der Waals surface area contributed by atoms with Crippen molar-refractivity contribution in [2.45, 2.75) is 13.0 Å². The maximum absolute atomic E-state index is 13.7. The minimum Gasteiger partial charge on any atom is -0.494 e. The second-order valence-corrected chi connectivity index (χ2v) is 4.79. The van der Waals surface area contributed by atoms with Crippen LogP contribution in [0.3, 0.4) is 0 Å². The molecule has 1 atom stereocenters. The van der Waals surface area contributed by atoms with Gasteiger partial charge in [-0.15, -0.1) is 0 Å². The van der Waals surface area contributed by atoms with Crippen LogP contribution in [0, 0.1) is 18.6 Å². The fourth-order valence-electron chi connectivity index (χ4n) is 2.15. The third-order valence-corrected chi connectivity index (χ3v) is 3.14. The monoisotopic (exact) mass is 293 g/mol. The van der Waals surface area contributed by atoms with Crippen molar-refractivity contribution in [2.75, 3.05) is 19.0 Å². The molecule has 0 saturated heterocycles. The number of methoxy groups -OCH3 is 1. The summed E-state index contributed by atoms with van der Waals surface area (Å²) in [7, 11) is 1.38. The molecule has 2 N–H and O–H groups in total. The number of hydrogen-bond acceptors (Lipinski definition) is 3. The van der Waals surface area contributed by atoms with Gasteiger partial charge in [0.15, 0.2) is 11.6 Å². The predicted octanol–water partition coefficient (Wildman–Crippen LogP) is 3.43. The predicted molar refractivity (Wildman–Crippen MR) is 77.5 cm³/mol. The summed E-state index contributed by atoms with van der Waals surface area (Å²) in [5, 5.41) is 12.5. The summed E-state index contributed by atoms with van der Waals surface area (Å²) in [6.07, 6.45) is 0. The topological polar surface area (TPSA) is 41.5 Å². The van der Waals surface area contributed by atoms with Crippen LogP contribution in [-0.4, -0.2) is 18.8 Å². The summed E-state index contributed by atoms with van der Waals surface area (Å²) < 4.78 is 31.9. The first-order valence-corrected chi connectivity index (χ1v) is 6.51. The second kappa shape index (κ2) is 6.54. The van der Waals surface area contributed by atoms with Gasteiger partial charge in [0.05, 0.1) is 19.8 Å². The molecule has 0 radical (unpaired) electrons. The normalized spacial score (nSPS) is 12.0. The zero-order chi connectivity index (χ0) is 15.4. The van der Waals surface area contributed by atoms with Gasteiger partial charge in [-0.05, 0) is 48.4 Å². The van der Waals surface area contributed by atoms with Crippen molar-refractivity contribution in [3.8, 4) is 5.75 Å². The number of anilines is 1. The van der Waals surface area contributed by atoms with E-state index in [1.165, 1.54) is 31.4 Å². The molecular weight excluding hydrogens is 276 g/mol. The van der Waals surface area contributed by atoms with Gasteiger partial charge >= 0.3 is 0 Å². The molecule has 0 fully saturated rings. The van der Waals surface area contributed by atoms with Crippen LogP contribution in [0.15, 0.2) is 36.4 Å². The number of halogens is 2. The van der Waals surface area contributed by atoms with Gasteiger partial charge in [-0.25, -0.2) is 8.78 Å². The third kappa shape index (κ3) is 3.70. The largest absolute Gasteiger partial charge is 0.494 e. The van der Waals surface area contributed by atoms with Crippen LogP contribution >= 0.6 is 0 Å². The van der Waals surface area contributed by atoms with Crippen LogP contribution < -0.4 is 10.1 Å². The summed E-state index contributed by atoms with van der Waals surface area (Å²) in [5.41, 5.74) is 1.84. The maximum Gasteiger partial charge on any atom is 0.165 e. The Morgan fingerprint density at radius 2 is 1.95 bits per heavy atom. The second-order valence-electron chi connectivity index (χ2n) is 4.79. The van der Waals surface area contributed by atoms with Crippen molar-refractivity contribution in [1.29, 1.82) is 0 Å². The Bertz CT molecular complexity index is 611. The van der Waals surface area contributed by atoms with E-state index >= 15 is 0 Å². The van der Waals surface area contributed by atoms with Crippen LogP contribution in [0.25, 0.3) is 0 Å². The highest BCUT2D eigenvalue weighted by Gasteiger charge is 2.13. The number of rotatable bonds is 5. The highest BCUT2D eigenvalue weighted by atomic mass is 19.1. The summed E-state index contributed by atoms with van der Waals surface area (Å²) >= 11 is 0. The first-order chi connectivity index (χ1) is 10.0. The Morgan fingerprint density at radius 1 is 1.19 bits per heavy atom. The van der Waals surface area contributed by atoms with Crippen LogP contribution in [0.4, 0.5) is 14.5 Å². The van der Waals surface area contributed by atoms with Crippen molar-refractivity contribution >= 4 is 5.69 Å². The molecule has 5 heteroatoms. The molecule has 0 bridgehead atoms. The molecule has 0 aliphatic carbocycles. The van der Waals surface area contributed by atoms with Gasteiger partial charge < -0.3 is 15.2 Å². The van der Waals surface area contributed by atoms with E-state index in [1.807, 2.05) is 0 Å². The van der Waals surface area contributed by atoms with Crippen molar-refractivity contribution in [3.63, 3.8) is 0 Å². The van der Waals surface area contributed by atoms with E-state index < -0.39 is 11.9 Å². The van der Waals surface area contributed by atoms with Crippen LogP contribution in [0.1, 0.15) is 17.2 Å². The zero-order valence-corrected chi connectivity index (χ0v) is 11.9. The highest BCUT2D eigenvalue weighted by molar-refractivity contribution is 5.48. The molecule has 0 saturated carbocycles. The molecule has 2 aromatic carbocycles. The lowest BCUT2D eigenvalue weighted by molar-refractivity contribution is 0.276. The van der Waals surface area contributed by atoms with Crippen molar-refractivity contribution < 1.29 is 18.6 Å². The van der Waals surface area contributed by atoms with Gasteiger partial charge in [0, 0.05) is 5.69 Å². The average molecular weight is 293 g/mol. The number of aliphatic hydroxyl groups is 1. The lowest BCUT2D eigenvalue weighted by Gasteiger charge is -2.19. The molecule has 112 valence electrons. The first-order valence-electron chi connectivity index (χ1n) is 6.51. The average Bonchev–Trinajstić information content (AvgIpc) is 2.43. The van der Waals surface area contributed by atoms with Gasteiger partial charge in [-0.1, -0.05) is 6.07 Å². The van der Waals surface area contributed by atoms with Gasteiger partial charge in [-0.3, -0.25) is 0 Å². The van der Waals surface area contributed by atoms with E-state index in [0.717, 1.165) is 5.56 Å². The van der Waals surface area contributed by atoms with E-state index in [4.69, 9.17) is 4.74 Å². The highest BCUT2D eigenvalue weighted by Crippen LogP contribution is 2.25. The molecule has 21 heavy (non-hydrogen) atoms. The molecule has 0 aliphatic rings. The minimum atomic E-state index is -0.536. The van der Waals surface area contributed by atoms with Gasteiger partial charge in [0.2, 0.25) is 0 Å². The molecular formula is C16H17F2NO2. The quantitative estimate of drug-likeness (QED) is 0.887. The molecule has 0 aliphatic heterocycles. The Hall–Kier alpha value is -2.14. The van der Waals surface area contributed by atoms with Crippen LogP contribution in [0.2, 0.25) is 0 Å².